The molecule has 3 fully saturated rings. The lowest BCUT2D eigenvalue weighted by Crippen LogP contribution is -2.62. The van der Waals surface area contributed by atoms with Crippen LogP contribution in [0, 0.1) is 6.92 Å². The van der Waals surface area contributed by atoms with Gasteiger partial charge in [0.25, 0.3) is 0 Å². The number of hydrogen-bond donors (Lipinski definition) is 1. The van der Waals surface area contributed by atoms with Gasteiger partial charge in [-0.05, 0) is 71.4 Å². The maximum Gasteiger partial charge on any atom is 0.241 e. The first-order valence-corrected chi connectivity index (χ1v) is 15.4. The van der Waals surface area contributed by atoms with E-state index in [0.29, 0.717) is 11.3 Å². The Balaban J connectivity index is 1.48. The second kappa shape index (κ2) is 11.4. The number of rotatable bonds is 8. The molecule has 228 valence electrons. The van der Waals surface area contributed by atoms with Crippen molar-refractivity contribution in [3.8, 4) is 5.75 Å². The van der Waals surface area contributed by atoms with Crippen LogP contribution in [0.3, 0.4) is 0 Å². The summed E-state index contributed by atoms with van der Waals surface area (Å²) < 4.78 is 71.4. The molecule has 3 aliphatic heterocycles. The van der Waals surface area contributed by atoms with E-state index in [0.717, 1.165) is 11.1 Å². The molecule has 3 heterocycles. The predicted molar refractivity (Wildman–Crippen MR) is 154 cm³/mol. The molecule has 5 rings (SSSR count). The number of nitrogens with one attached hydrogen (secondary N) is 1. The maximum atomic E-state index is 13.2. The third-order valence-corrected chi connectivity index (χ3v) is 8.97. The van der Waals surface area contributed by atoms with E-state index in [4.69, 9.17) is 33.2 Å². The van der Waals surface area contributed by atoms with Gasteiger partial charge < -0.3 is 33.2 Å². The molecule has 5 atom stereocenters. The molecule has 3 aliphatic rings. The minimum Gasteiger partial charge on any atom is -0.497 e. The number of benzene rings is 2. The van der Waals surface area contributed by atoms with Gasteiger partial charge in [-0.2, -0.15) is 0 Å². The second-order valence-electron chi connectivity index (χ2n) is 11.7. The molecule has 2 aromatic carbocycles. The highest BCUT2D eigenvalue weighted by molar-refractivity contribution is 7.89. The summed E-state index contributed by atoms with van der Waals surface area (Å²) in [5.41, 5.74) is 5.42. The maximum absolute atomic E-state index is 13.2. The number of aryl methyl sites for hydroxylation is 1. The Morgan fingerprint density at radius 3 is 2.33 bits per heavy atom. The number of sulfonamides is 1. The van der Waals surface area contributed by atoms with Crippen LogP contribution in [0.25, 0.3) is 5.57 Å². The third kappa shape index (κ3) is 6.44. The Morgan fingerprint density at radius 1 is 1.02 bits per heavy atom. The topological polar surface area (TPSA) is 111 Å². The fraction of sp³-hybridized carbons (Fsp3) is 0.516. The van der Waals surface area contributed by atoms with Crippen molar-refractivity contribution in [1.82, 2.24) is 4.72 Å². The summed E-state index contributed by atoms with van der Waals surface area (Å²) >= 11 is 0. The lowest BCUT2D eigenvalue weighted by Gasteiger charge is -2.43. The van der Waals surface area contributed by atoms with Gasteiger partial charge in [0.1, 0.15) is 30.8 Å². The van der Waals surface area contributed by atoms with Gasteiger partial charge in [0, 0.05) is 5.57 Å². The van der Waals surface area contributed by atoms with Crippen molar-refractivity contribution in [2.24, 2.45) is 0 Å². The molecule has 1 spiro atoms. The zero-order valence-corrected chi connectivity index (χ0v) is 25.8. The first kappa shape index (κ1) is 30.7. The van der Waals surface area contributed by atoms with E-state index in [1.54, 1.807) is 50.4 Å². The van der Waals surface area contributed by atoms with Gasteiger partial charge in [-0.1, -0.05) is 35.6 Å². The zero-order valence-electron chi connectivity index (χ0n) is 25.0. The van der Waals surface area contributed by atoms with E-state index in [-0.39, 0.29) is 24.2 Å². The van der Waals surface area contributed by atoms with Crippen molar-refractivity contribution in [3.05, 3.63) is 71.7 Å². The van der Waals surface area contributed by atoms with Crippen LogP contribution in [0.5, 0.6) is 5.75 Å². The van der Waals surface area contributed by atoms with Gasteiger partial charge in [-0.3, -0.25) is 0 Å². The van der Waals surface area contributed by atoms with E-state index in [2.05, 4.69) is 10.5 Å². The molecule has 10 nitrogen and oxygen atoms in total. The number of ether oxygens (including phenoxy) is 7. The molecule has 42 heavy (non-hydrogen) atoms. The molecule has 0 radical (unpaired) electrons. The van der Waals surface area contributed by atoms with E-state index < -0.39 is 45.6 Å². The fourth-order valence-electron chi connectivity index (χ4n) is 5.42. The van der Waals surface area contributed by atoms with Crippen LogP contribution in [-0.2, 0) is 38.4 Å². The molecule has 1 N–H and O–H groups in total. The van der Waals surface area contributed by atoms with Gasteiger partial charge in [-0.25, -0.2) is 13.1 Å². The minimum absolute atomic E-state index is 0.132. The molecule has 11 heteroatoms. The average Bonchev–Trinajstić information content (AvgIpc) is 3.42. The zero-order chi connectivity index (χ0) is 30.3. The molecule has 0 saturated carbocycles. The summed E-state index contributed by atoms with van der Waals surface area (Å²) in [7, 11) is -2.24. The van der Waals surface area contributed by atoms with Crippen molar-refractivity contribution >= 4 is 15.6 Å². The minimum atomic E-state index is -3.83. The molecule has 0 amide bonds. The van der Waals surface area contributed by atoms with Crippen LogP contribution in [0.1, 0.15) is 45.7 Å². The summed E-state index contributed by atoms with van der Waals surface area (Å²) in [6, 6.07) is 13.3. The molecule has 0 bridgehead atoms. The van der Waals surface area contributed by atoms with Crippen LogP contribution >= 0.6 is 0 Å². The quantitative estimate of drug-likeness (QED) is 0.350. The molecule has 0 aliphatic carbocycles. The normalized spacial score (nSPS) is 28.5. The molecular weight excluding hydrogens is 562 g/mol. The molecular formula is C31H39NO9S. The van der Waals surface area contributed by atoms with Crippen LogP contribution in [-0.4, -0.2) is 70.5 Å². The summed E-state index contributed by atoms with van der Waals surface area (Å²) in [5.74, 6) is -2.29. The Kier molecular flexibility index (Phi) is 8.34. The van der Waals surface area contributed by atoms with Crippen LogP contribution in [0.2, 0.25) is 0 Å². The van der Waals surface area contributed by atoms with Crippen LogP contribution in [0.4, 0.5) is 0 Å². The Hall–Kier alpha value is -2.73. The SMILES string of the molecule is COc1ccc(C(=C=CO[C@H]2[C@@H]3OC(C)(C)O[C@@H]3CO[C@]23COC(C)(C)O3)[C@@H](C)NS(=O)(=O)c2ccc(C)cc2)cc1. The van der Waals surface area contributed by atoms with E-state index in [1.807, 2.05) is 46.8 Å². The lowest BCUT2D eigenvalue weighted by molar-refractivity contribution is -0.326. The molecule has 3 saturated heterocycles. The highest BCUT2D eigenvalue weighted by Crippen LogP contribution is 2.45. The van der Waals surface area contributed by atoms with E-state index in [9.17, 15) is 8.42 Å². The average molecular weight is 602 g/mol. The number of fused-ring (bicyclic) bond motifs is 1. The highest BCUT2D eigenvalue weighted by atomic mass is 32.2. The second-order valence-corrected chi connectivity index (χ2v) is 13.4. The van der Waals surface area contributed by atoms with E-state index >= 15 is 0 Å². The summed E-state index contributed by atoms with van der Waals surface area (Å²) in [6.45, 7) is 11.3. The van der Waals surface area contributed by atoms with Crippen LogP contribution < -0.4 is 9.46 Å². The Bertz CT molecular complexity index is 1440. The van der Waals surface area contributed by atoms with Gasteiger partial charge >= 0.3 is 0 Å². The van der Waals surface area contributed by atoms with Crippen molar-refractivity contribution in [2.45, 2.75) is 88.2 Å². The molecule has 0 aromatic heterocycles. The van der Waals surface area contributed by atoms with Gasteiger partial charge in [0.15, 0.2) is 17.7 Å². The third-order valence-electron chi connectivity index (χ3n) is 7.41. The summed E-state index contributed by atoms with van der Waals surface area (Å²) in [6.07, 6.45) is -0.241. The largest absolute Gasteiger partial charge is 0.497 e. The Morgan fingerprint density at radius 2 is 1.71 bits per heavy atom. The highest BCUT2D eigenvalue weighted by Gasteiger charge is 2.63. The summed E-state index contributed by atoms with van der Waals surface area (Å²) in [4.78, 5) is 0.170. The van der Waals surface area contributed by atoms with E-state index in [1.165, 1.54) is 6.26 Å². The van der Waals surface area contributed by atoms with Gasteiger partial charge in [-0.15, -0.1) is 0 Å². The van der Waals surface area contributed by atoms with Crippen LogP contribution in [0.15, 0.2) is 65.4 Å². The smallest absolute Gasteiger partial charge is 0.241 e. The number of methoxy groups -OCH3 is 1. The standard InChI is InChI=1S/C31H39NO9S/c1-20-8-14-24(15-9-20)42(33,34)32-21(2)25(22-10-12-23(35-7)13-11-22)16-17-36-28-27-26(39-30(5,6)40-27)18-37-31(28)19-38-29(3,4)41-31/h8-15,17,21,26-28,32H,18-19H2,1-7H3/t16?,21-,26-,27-,28+,31+/m1/s1. The number of hydrogen-bond acceptors (Lipinski definition) is 9. The van der Waals surface area contributed by atoms with Crippen molar-refractivity contribution in [3.63, 3.8) is 0 Å². The first-order chi connectivity index (χ1) is 19.7. The summed E-state index contributed by atoms with van der Waals surface area (Å²) in [5, 5.41) is 0. The van der Waals surface area contributed by atoms with Crippen molar-refractivity contribution in [1.29, 1.82) is 0 Å². The first-order valence-electron chi connectivity index (χ1n) is 13.9. The Labute approximate surface area is 247 Å². The fourth-order valence-corrected chi connectivity index (χ4v) is 6.64. The van der Waals surface area contributed by atoms with Gasteiger partial charge in [0.2, 0.25) is 15.8 Å². The van der Waals surface area contributed by atoms with Gasteiger partial charge in [0.05, 0.1) is 24.7 Å². The molecule has 0 unspecified atom stereocenters. The predicted octanol–water partition coefficient (Wildman–Crippen LogP) is 4.28. The van der Waals surface area contributed by atoms with Crippen molar-refractivity contribution < 1.29 is 41.6 Å². The lowest BCUT2D eigenvalue weighted by atomic mass is 9.97. The monoisotopic (exact) mass is 601 g/mol. The van der Waals surface area contributed by atoms with Crippen molar-refractivity contribution in [2.75, 3.05) is 20.3 Å². The molecule has 2 aromatic rings.